The number of carbonyl (C=O) groups excluding carboxylic acids is 1. The van der Waals surface area contributed by atoms with Crippen LogP contribution >= 0.6 is 0 Å². The van der Waals surface area contributed by atoms with E-state index < -0.39 is 0 Å². The molecule has 4 heterocycles. The van der Waals surface area contributed by atoms with Gasteiger partial charge in [-0.2, -0.15) is 5.10 Å². The van der Waals surface area contributed by atoms with Crippen LogP contribution in [-0.4, -0.2) is 48.6 Å². The fourth-order valence-electron chi connectivity index (χ4n) is 4.34. The van der Waals surface area contributed by atoms with Crippen molar-refractivity contribution in [2.24, 2.45) is 7.05 Å². The SMILES string of the molecule is Cc1cc(C)nc(Nc2ccc([C@@H]3CCCN(C(=O)/C=C/c4c(C)nn(C)c4C)C3)nc2)n1. The summed E-state index contributed by atoms with van der Waals surface area (Å²) in [4.78, 5) is 28.3. The Morgan fingerprint density at radius 1 is 1.15 bits per heavy atom. The zero-order valence-corrected chi connectivity index (χ0v) is 20.0. The first-order valence-electron chi connectivity index (χ1n) is 11.3. The molecule has 1 fully saturated rings. The molecule has 1 aliphatic rings. The van der Waals surface area contributed by atoms with Crippen molar-refractivity contribution in [2.45, 2.75) is 46.5 Å². The Morgan fingerprint density at radius 3 is 2.55 bits per heavy atom. The van der Waals surface area contributed by atoms with Crippen LogP contribution in [0.15, 0.2) is 30.5 Å². The summed E-state index contributed by atoms with van der Waals surface area (Å²) >= 11 is 0. The molecule has 0 bridgehead atoms. The number of anilines is 2. The maximum Gasteiger partial charge on any atom is 0.246 e. The third-order valence-electron chi connectivity index (χ3n) is 6.13. The number of hydrogen-bond acceptors (Lipinski definition) is 6. The first-order valence-corrected chi connectivity index (χ1v) is 11.3. The van der Waals surface area contributed by atoms with E-state index in [0.717, 1.165) is 59.1 Å². The topological polar surface area (TPSA) is 88.8 Å². The van der Waals surface area contributed by atoms with Crippen LogP contribution in [0, 0.1) is 27.7 Å². The van der Waals surface area contributed by atoms with Crippen LogP contribution in [0.3, 0.4) is 0 Å². The van der Waals surface area contributed by atoms with Gasteiger partial charge in [-0.3, -0.25) is 14.5 Å². The number of aromatic nitrogens is 5. The Labute approximate surface area is 194 Å². The number of hydrogen-bond donors (Lipinski definition) is 1. The van der Waals surface area contributed by atoms with Crippen molar-refractivity contribution in [1.29, 1.82) is 0 Å². The van der Waals surface area contributed by atoms with E-state index >= 15 is 0 Å². The van der Waals surface area contributed by atoms with Gasteiger partial charge in [0.2, 0.25) is 11.9 Å². The fourth-order valence-corrected chi connectivity index (χ4v) is 4.34. The minimum atomic E-state index is 0.0348. The standard InChI is InChI=1S/C25H31N7O/c1-16-13-17(2)28-25(27-16)29-21-8-10-23(26-14-21)20-7-6-12-32(15-20)24(33)11-9-22-18(3)30-31(5)19(22)4/h8-11,13-14,20H,6-7,12,15H2,1-5H3,(H,27,28,29)/b11-9+/t20-/m1/s1. The number of rotatable bonds is 5. The lowest BCUT2D eigenvalue weighted by Crippen LogP contribution is -2.38. The van der Waals surface area contributed by atoms with Crippen LogP contribution < -0.4 is 5.32 Å². The number of nitrogens with one attached hydrogen (secondary N) is 1. The molecule has 4 rings (SSSR count). The summed E-state index contributed by atoms with van der Waals surface area (Å²) in [5.74, 6) is 0.833. The summed E-state index contributed by atoms with van der Waals surface area (Å²) in [7, 11) is 1.92. The van der Waals surface area contributed by atoms with E-state index in [1.54, 1.807) is 6.08 Å². The van der Waals surface area contributed by atoms with Gasteiger partial charge >= 0.3 is 0 Å². The number of nitrogens with zero attached hydrogens (tertiary/aromatic N) is 6. The molecule has 0 unspecified atom stereocenters. The quantitative estimate of drug-likeness (QED) is 0.597. The van der Waals surface area contributed by atoms with Gasteiger partial charge in [0.05, 0.1) is 17.6 Å². The smallest absolute Gasteiger partial charge is 0.246 e. The van der Waals surface area contributed by atoms with Gasteiger partial charge in [0, 0.05) is 60.5 Å². The molecule has 0 spiro atoms. The van der Waals surface area contributed by atoms with E-state index in [-0.39, 0.29) is 11.8 Å². The lowest BCUT2D eigenvalue weighted by atomic mass is 9.94. The van der Waals surface area contributed by atoms with Crippen molar-refractivity contribution in [1.82, 2.24) is 29.6 Å². The van der Waals surface area contributed by atoms with Crippen LogP contribution in [-0.2, 0) is 11.8 Å². The molecule has 0 radical (unpaired) electrons. The average Bonchev–Trinajstić information content (AvgIpc) is 3.03. The summed E-state index contributed by atoms with van der Waals surface area (Å²) in [5.41, 5.74) is 6.68. The number of carbonyl (C=O) groups is 1. The highest BCUT2D eigenvalue weighted by Crippen LogP contribution is 2.27. The van der Waals surface area contributed by atoms with Crippen molar-refractivity contribution >= 4 is 23.6 Å². The summed E-state index contributed by atoms with van der Waals surface area (Å²) in [6, 6.07) is 5.97. The zero-order chi connectivity index (χ0) is 23.5. The Morgan fingerprint density at radius 2 is 1.91 bits per heavy atom. The molecule has 3 aromatic heterocycles. The Balaban J connectivity index is 1.40. The normalized spacial score (nSPS) is 16.4. The lowest BCUT2D eigenvalue weighted by Gasteiger charge is -2.32. The second-order valence-electron chi connectivity index (χ2n) is 8.74. The first kappa shape index (κ1) is 22.6. The van der Waals surface area contributed by atoms with Crippen LogP contribution in [0.2, 0.25) is 0 Å². The molecule has 172 valence electrons. The predicted molar refractivity (Wildman–Crippen MR) is 129 cm³/mol. The number of pyridine rings is 1. The van der Waals surface area contributed by atoms with Crippen LogP contribution in [0.4, 0.5) is 11.6 Å². The molecule has 0 saturated carbocycles. The van der Waals surface area contributed by atoms with Crippen LogP contribution in [0.1, 0.15) is 52.8 Å². The van der Waals surface area contributed by atoms with Gasteiger partial charge in [-0.15, -0.1) is 0 Å². The molecular formula is C25H31N7O. The first-order chi connectivity index (χ1) is 15.8. The van der Waals surface area contributed by atoms with E-state index in [2.05, 4.69) is 25.4 Å². The molecule has 0 aliphatic carbocycles. The van der Waals surface area contributed by atoms with E-state index in [1.165, 1.54) is 0 Å². The van der Waals surface area contributed by atoms with Crippen LogP contribution in [0.25, 0.3) is 6.08 Å². The number of likely N-dealkylation sites (tertiary alicyclic amines) is 1. The molecule has 1 amide bonds. The van der Waals surface area contributed by atoms with Crippen molar-refractivity contribution in [3.8, 4) is 0 Å². The predicted octanol–water partition coefficient (Wildman–Crippen LogP) is 4.00. The molecule has 8 heteroatoms. The monoisotopic (exact) mass is 445 g/mol. The molecule has 1 aliphatic heterocycles. The Hall–Kier alpha value is -3.55. The highest BCUT2D eigenvalue weighted by molar-refractivity contribution is 5.92. The Kier molecular flexibility index (Phi) is 6.53. The van der Waals surface area contributed by atoms with Gasteiger partial charge < -0.3 is 10.2 Å². The van der Waals surface area contributed by atoms with Crippen LogP contribution in [0.5, 0.6) is 0 Å². The second-order valence-corrected chi connectivity index (χ2v) is 8.74. The third kappa shape index (κ3) is 5.27. The molecular weight excluding hydrogens is 414 g/mol. The van der Waals surface area contributed by atoms with Gasteiger partial charge in [-0.25, -0.2) is 9.97 Å². The van der Waals surface area contributed by atoms with Crippen molar-refractivity contribution in [3.05, 3.63) is 64.5 Å². The minimum absolute atomic E-state index is 0.0348. The summed E-state index contributed by atoms with van der Waals surface area (Å²) in [6.45, 7) is 9.32. The zero-order valence-electron chi connectivity index (χ0n) is 20.0. The third-order valence-corrected chi connectivity index (χ3v) is 6.13. The highest BCUT2D eigenvalue weighted by atomic mass is 16.2. The van der Waals surface area contributed by atoms with E-state index in [0.29, 0.717) is 12.5 Å². The maximum absolute atomic E-state index is 12.9. The number of piperidine rings is 1. The van der Waals surface area contributed by atoms with Gasteiger partial charge in [-0.1, -0.05) is 0 Å². The van der Waals surface area contributed by atoms with Gasteiger partial charge in [0.25, 0.3) is 0 Å². The van der Waals surface area contributed by atoms with Crippen molar-refractivity contribution in [2.75, 3.05) is 18.4 Å². The molecule has 8 nitrogen and oxygen atoms in total. The number of amides is 1. The summed E-state index contributed by atoms with van der Waals surface area (Å²) in [5, 5.41) is 7.63. The molecule has 0 aromatic carbocycles. The molecule has 1 N–H and O–H groups in total. The fraction of sp³-hybridized carbons (Fsp3) is 0.400. The average molecular weight is 446 g/mol. The van der Waals surface area contributed by atoms with Gasteiger partial charge in [0.1, 0.15) is 0 Å². The molecule has 1 atom stereocenters. The van der Waals surface area contributed by atoms with Gasteiger partial charge in [0.15, 0.2) is 0 Å². The largest absolute Gasteiger partial charge is 0.338 e. The molecule has 3 aromatic rings. The van der Waals surface area contributed by atoms with Crippen molar-refractivity contribution in [3.63, 3.8) is 0 Å². The second kappa shape index (κ2) is 9.52. The van der Waals surface area contributed by atoms with Crippen molar-refractivity contribution < 1.29 is 4.79 Å². The lowest BCUT2D eigenvalue weighted by molar-refractivity contribution is -0.127. The van der Waals surface area contributed by atoms with Gasteiger partial charge in [-0.05, 0) is 64.8 Å². The van der Waals surface area contributed by atoms with E-state index in [1.807, 2.05) is 74.8 Å². The highest BCUT2D eigenvalue weighted by Gasteiger charge is 2.24. The molecule has 1 saturated heterocycles. The minimum Gasteiger partial charge on any atom is -0.338 e. The summed E-state index contributed by atoms with van der Waals surface area (Å²) < 4.78 is 1.84. The Bertz CT molecular complexity index is 1160. The summed E-state index contributed by atoms with van der Waals surface area (Å²) in [6.07, 6.45) is 7.35. The maximum atomic E-state index is 12.9. The molecule has 33 heavy (non-hydrogen) atoms. The van der Waals surface area contributed by atoms with E-state index in [9.17, 15) is 4.79 Å². The number of aryl methyl sites for hydroxylation is 4. The van der Waals surface area contributed by atoms with E-state index in [4.69, 9.17) is 0 Å².